The summed E-state index contributed by atoms with van der Waals surface area (Å²) in [6, 6.07) is 0. The van der Waals surface area contributed by atoms with E-state index in [1.807, 2.05) is 0 Å². The lowest BCUT2D eigenvalue weighted by Crippen LogP contribution is -2.47. The summed E-state index contributed by atoms with van der Waals surface area (Å²) < 4.78 is 22.2. The van der Waals surface area contributed by atoms with Gasteiger partial charge in [-0.05, 0) is 29.5 Å². The Hall–Kier alpha value is 0.0569. The predicted octanol–water partition coefficient (Wildman–Crippen LogP) is 5.38. The molecule has 4 nitrogen and oxygen atoms in total. The normalized spacial score (nSPS) is 12.8. The molecule has 0 aromatic carbocycles. The van der Waals surface area contributed by atoms with Crippen LogP contribution < -0.4 is 0 Å². The molecule has 0 radical (unpaired) electrons. The average Bonchev–Trinajstić information content (AvgIpc) is 2.51. The molecule has 24 heavy (non-hydrogen) atoms. The molecule has 0 aliphatic rings. The average molecular weight is 363 g/mol. The Kier molecular flexibility index (Phi) is 14.3. The number of hydrogen-bond donors (Lipinski definition) is 0. The lowest BCUT2D eigenvalue weighted by molar-refractivity contribution is -0.0664. The van der Waals surface area contributed by atoms with E-state index in [9.17, 15) is 0 Å². The van der Waals surface area contributed by atoms with Crippen molar-refractivity contribution in [1.29, 1.82) is 0 Å². The molecule has 0 aliphatic carbocycles. The van der Waals surface area contributed by atoms with E-state index in [4.69, 9.17) is 18.6 Å². The monoisotopic (exact) mass is 362 g/mol. The molecule has 0 aliphatic heterocycles. The molecule has 0 bridgehead atoms. The third-order valence-electron chi connectivity index (χ3n) is 4.84. The molecule has 0 saturated heterocycles. The zero-order chi connectivity index (χ0) is 18.4. The van der Waals surface area contributed by atoms with Crippen molar-refractivity contribution in [3.05, 3.63) is 0 Å². The smallest absolute Gasteiger partial charge is 0.200 e. The minimum Gasteiger partial charge on any atom is -0.416 e. The van der Waals surface area contributed by atoms with Crippen molar-refractivity contribution < 1.29 is 18.6 Å². The number of unbranched alkanes of at least 4 members (excludes halogenated alkanes) is 3. The second-order valence-corrected chi connectivity index (χ2v) is 13.0. The van der Waals surface area contributed by atoms with Crippen LogP contribution in [-0.2, 0) is 18.6 Å². The van der Waals surface area contributed by atoms with Gasteiger partial charge in [0.2, 0.25) is 0 Å². The molecule has 0 rings (SSSR count). The van der Waals surface area contributed by atoms with Gasteiger partial charge < -0.3 is 18.6 Å². The first-order chi connectivity index (χ1) is 11.4. The van der Waals surface area contributed by atoms with Crippen LogP contribution in [0, 0.1) is 0 Å². The van der Waals surface area contributed by atoms with E-state index in [2.05, 4.69) is 41.5 Å². The number of rotatable bonds is 16. The lowest BCUT2D eigenvalue weighted by Gasteiger charge is -2.42. The second kappa shape index (κ2) is 14.2. The first kappa shape index (κ1) is 24.1. The van der Waals surface area contributed by atoms with Crippen LogP contribution >= 0.6 is 0 Å². The van der Waals surface area contributed by atoms with Gasteiger partial charge in [0.1, 0.15) is 6.79 Å². The van der Waals surface area contributed by atoms with E-state index in [1.54, 1.807) is 7.11 Å². The molecule has 146 valence electrons. The Balaban J connectivity index is 3.73. The van der Waals surface area contributed by atoms with E-state index in [0.29, 0.717) is 36.6 Å². The van der Waals surface area contributed by atoms with E-state index in [0.717, 1.165) is 26.1 Å². The minimum absolute atomic E-state index is 0.373. The van der Waals surface area contributed by atoms with Crippen LogP contribution in [0.25, 0.3) is 0 Å². The van der Waals surface area contributed by atoms with Crippen LogP contribution in [0.3, 0.4) is 0 Å². The van der Waals surface area contributed by atoms with Gasteiger partial charge in [0.25, 0.3) is 0 Å². The van der Waals surface area contributed by atoms with Gasteiger partial charge in [-0.3, -0.25) is 0 Å². The van der Waals surface area contributed by atoms with Gasteiger partial charge in [-0.1, -0.05) is 54.4 Å². The largest absolute Gasteiger partial charge is 0.416 e. The van der Waals surface area contributed by atoms with Crippen LogP contribution in [0.4, 0.5) is 0 Å². The summed E-state index contributed by atoms with van der Waals surface area (Å²) in [5.41, 5.74) is 2.01. The van der Waals surface area contributed by atoms with Crippen LogP contribution in [0.2, 0.25) is 16.6 Å². The molecular formula is C19H42O4Si. The Morgan fingerprint density at radius 3 is 1.62 bits per heavy atom. The minimum atomic E-state index is -1.68. The first-order valence-electron chi connectivity index (χ1n) is 9.67. The van der Waals surface area contributed by atoms with Gasteiger partial charge in [-0.2, -0.15) is 0 Å². The summed E-state index contributed by atoms with van der Waals surface area (Å²) in [6.07, 6.45) is 4.66. The summed E-state index contributed by atoms with van der Waals surface area (Å²) in [5.74, 6) is 0. The highest BCUT2D eigenvalue weighted by atomic mass is 28.4. The van der Waals surface area contributed by atoms with Gasteiger partial charge in [0.05, 0.1) is 13.2 Å². The summed E-state index contributed by atoms with van der Waals surface area (Å²) in [6.45, 7) is 17.4. The van der Waals surface area contributed by atoms with Crippen LogP contribution in [0.5, 0.6) is 0 Å². The zero-order valence-electron chi connectivity index (χ0n) is 17.2. The van der Waals surface area contributed by atoms with Gasteiger partial charge in [-0.25, -0.2) is 0 Å². The number of ether oxygens (including phenoxy) is 3. The maximum atomic E-state index is 6.57. The molecule has 0 spiro atoms. The fourth-order valence-electron chi connectivity index (χ4n) is 3.73. The molecule has 0 aromatic heterocycles. The van der Waals surface area contributed by atoms with Crippen molar-refractivity contribution in [3.8, 4) is 0 Å². The zero-order valence-corrected chi connectivity index (χ0v) is 18.2. The number of methoxy groups -OCH3 is 1. The molecule has 0 unspecified atom stereocenters. The molecule has 5 heteroatoms. The molecule has 0 atom stereocenters. The Bertz CT molecular complexity index is 261. The first-order valence-corrected chi connectivity index (χ1v) is 11.8. The van der Waals surface area contributed by atoms with E-state index < -0.39 is 8.32 Å². The maximum Gasteiger partial charge on any atom is 0.200 e. The third-order valence-corrected chi connectivity index (χ3v) is 11.0. The van der Waals surface area contributed by atoms with Crippen LogP contribution in [0.15, 0.2) is 0 Å². The van der Waals surface area contributed by atoms with Crippen molar-refractivity contribution in [2.45, 2.75) is 83.8 Å². The highest BCUT2D eigenvalue weighted by Gasteiger charge is 2.44. The van der Waals surface area contributed by atoms with Gasteiger partial charge >= 0.3 is 0 Å². The SMILES string of the molecule is COCCOCOCCCCCCO[Si](C(C)C)(C(C)C)C(C)C. The molecule has 0 aromatic rings. The van der Waals surface area contributed by atoms with E-state index in [-0.39, 0.29) is 0 Å². The standard InChI is InChI=1S/C19H42O4Si/c1-17(2)24(18(3)4,19(5)6)23-13-11-9-8-10-12-21-16-22-15-14-20-7/h17-19H,8-16H2,1-7H3. The van der Waals surface area contributed by atoms with Crippen molar-refractivity contribution in [1.82, 2.24) is 0 Å². The van der Waals surface area contributed by atoms with E-state index in [1.165, 1.54) is 12.8 Å². The van der Waals surface area contributed by atoms with Crippen molar-refractivity contribution in [3.63, 3.8) is 0 Å². The molecular weight excluding hydrogens is 320 g/mol. The summed E-state index contributed by atoms with van der Waals surface area (Å²) in [5, 5.41) is 0. The van der Waals surface area contributed by atoms with Gasteiger partial charge in [0.15, 0.2) is 8.32 Å². The topological polar surface area (TPSA) is 36.9 Å². The molecule has 0 N–H and O–H groups in total. The highest BCUT2D eigenvalue weighted by Crippen LogP contribution is 2.42. The van der Waals surface area contributed by atoms with Crippen LogP contribution in [0.1, 0.15) is 67.2 Å². The molecule has 0 saturated carbocycles. The lowest BCUT2D eigenvalue weighted by atomic mass is 10.2. The van der Waals surface area contributed by atoms with Crippen molar-refractivity contribution in [2.75, 3.05) is 40.3 Å². The molecule has 0 heterocycles. The summed E-state index contributed by atoms with van der Waals surface area (Å²) >= 11 is 0. The van der Waals surface area contributed by atoms with Gasteiger partial charge in [0, 0.05) is 20.3 Å². The third kappa shape index (κ3) is 8.95. The van der Waals surface area contributed by atoms with Gasteiger partial charge in [-0.15, -0.1) is 0 Å². The Morgan fingerprint density at radius 1 is 0.625 bits per heavy atom. The predicted molar refractivity (Wildman–Crippen MR) is 104 cm³/mol. The fraction of sp³-hybridized carbons (Fsp3) is 1.00. The molecule has 0 amide bonds. The fourth-order valence-corrected chi connectivity index (χ4v) is 9.23. The Morgan fingerprint density at radius 2 is 1.12 bits per heavy atom. The summed E-state index contributed by atoms with van der Waals surface area (Å²) in [4.78, 5) is 0. The second-order valence-electron chi connectivity index (χ2n) is 7.51. The quantitative estimate of drug-likeness (QED) is 0.210. The maximum absolute atomic E-state index is 6.57. The summed E-state index contributed by atoms with van der Waals surface area (Å²) in [7, 11) is -0.00572. The van der Waals surface area contributed by atoms with Crippen molar-refractivity contribution in [2.24, 2.45) is 0 Å². The van der Waals surface area contributed by atoms with Crippen molar-refractivity contribution >= 4 is 8.32 Å². The van der Waals surface area contributed by atoms with E-state index >= 15 is 0 Å². The molecule has 0 fully saturated rings. The highest BCUT2D eigenvalue weighted by molar-refractivity contribution is 6.77. The Labute approximate surface area is 151 Å². The number of hydrogen-bond acceptors (Lipinski definition) is 4. The van der Waals surface area contributed by atoms with Crippen LogP contribution in [-0.4, -0.2) is 48.6 Å².